The SMILES string of the molecule is CC(C)(CN)NC(=O)c1cc2c(s1)CCCC2.Cl. The molecule has 1 aromatic rings. The first kappa shape index (κ1) is 15.5. The summed E-state index contributed by atoms with van der Waals surface area (Å²) in [6.07, 6.45) is 4.76. The van der Waals surface area contributed by atoms with Crippen LogP contribution in [-0.4, -0.2) is 18.0 Å². The Labute approximate surface area is 119 Å². The number of halogens is 1. The molecule has 1 aliphatic rings. The second kappa shape index (κ2) is 6.04. The van der Waals surface area contributed by atoms with Gasteiger partial charge >= 0.3 is 0 Å². The number of nitrogens with one attached hydrogen (secondary N) is 1. The predicted octanol–water partition coefficient (Wildman–Crippen LogP) is 2.52. The van der Waals surface area contributed by atoms with Crippen molar-refractivity contribution in [2.24, 2.45) is 5.73 Å². The van der Waals surface area contributed by atoms with Crippen LogP contribution in [-0.2, 0) is 12.8 Å². The molecule has 0 radical (unpaired) electrons. The zero-order valence-electron chi connectivity index (χ0n) is 10.9. The Hall–Kier alpha value is -0.580. The summed E-state index contributed by atoms with van der Waals surface area (Å²) in [4.78, 5) is 14.3. The van der Waals surface area contributed by atoms with Gasteiger partial charge in [0.15, 0.2) is 0 Å². The molecule has 3 N–H and O–H groups in total. The topological polar surface area (TPSA) is 55.1 Å². The standard InChI is InChI=1S/C13H20N2OS.ClH/c1-13(2,8-14)15-12(16)11-7-9-5-3-4-6-10(9)17-11;/h7H,3-6,8,14H2,1-2H3,(H,15,16);1H. The summed E-state index contributed by atoms with van der Waals surface area (Å²) in [6.45, 7) is 4.33. The first-order chi connectivity index (χ1) is 8.02. The van der Waals surface area contributed by atoms with Crippen molar-refractivity contribution in [3.05, 3.63) is 21.4 Å². The van der Waals surface area contributed by atoms with E-state index in [0.29, 0.717) is 6.54 Å². The van der Waals surface area contributed by atoms with Gasteiger partial charge in [0.2, 0.25) is 0 Å². The van der Waals surface area contributed by atoms with E-state index in [1.165, 1.54) is 23.3 Å². The van der Waals surface area contributed by atoms with E-state index >= 15 is 0 Å². The number of rotatable bonds is 3. The molecule has 0 aliphatic heterocycles. The average Bonchev–Trinajstić information content (AvgIpc) is 2.72. The lowest BCUT2D eigenvalue weighted by molar-refractivity contribution is 0.0920. The van der Waals surface area contributed by atoms with Crippen molar-refractivity contribution in [1.29, 1.82) is 0 Å². The van der Waals surface area contributed by atoms with E-state index in [0.717, 1.165) is 17.7 Å². The van der Waals surface area contributed by atoms with Crippen molar-refractivity contribution in [3.8, 4) is 0 Å². The molecule has 0 saturated carbocycles. The number of hydrogen-bond donors (Lipinski definition) is 2. The predicted molar refractivity (Wildman–Crippen MR) is 78.8 cm³/mol. The van der Waals surface area contributed by atoms with Gasteiger partial charge in [-0.15, -0.1) is 23.7 Å². The minimum atomic E-state index is -0.332. The number of amides is 1. The molecule has 18 heavy (non-hydrogen) atoms. The number of aryl methyl sites for hydroxylation is 2. The van der Waals surface area contributed by atoms with Crippen molar-refractivity contribution < 1.29 is 4.79 Å². The van der Waals surface area contributed by atoms with Gasteiger partial charge in [0, 0.05) is 17.0 Å². The van der Waals surface area contributed by atoms with Crippen LogP contribution in [0.15, 0.2) is 6.07 Å². The fourth-order valence-electron chi connectivity index (χ4n) is 2.02. The van der Waals surface area contributed by atoms with Gasteiger partial charge in [0.25, 0.3) is 5.91 Å². The molecule has 0 atom stereocenters. The Bertz CT molecular complexity index is 405. The minimum absolute atomic E-state index is 0. The largest absolute Gasteiger partial charge is 0.345 e. The number of carbonyl (C=O) groups is 1. The van der Waals surface area contributed by atoms with E-state index in [9.17, 15) is 4.79 Å². The van der Waals surface area contributed by atoms with Gasteiger partial charge in [-0.25, -0.2) is 0 Å². The molecule has 0 unspecified atom stereocenters. The third-order valence-corrected chi connectivity index (χ3v) is 4.42. The molecule has 1 amide bonds. The second-order valence-electron chi connectivity index (χ2n) is 5.31. The second-order valence-corrected chi connectivity index (χ2v) is 6.45. The molecule has 0 aromatic carbocycles. The molecular weight excluding hydrogens is 268 g/mol. The molecule has 2 rings (SSSR count). The fourth-order valence-corrected chi connectivity index (χ4v) is 3.17. The zero-order chi connectivity index (χ0) is 12.5. The molecule has 5 heteroatoms. The molecule has 3 nitrogen and oxygen atoms in total. The van der Waals surface area contributed by atoms with E-state index in [2.05, 4.69) is 11.4 Å². The van der Waals surface area contributed by atoms with E-state index < -0.39 is 0 Å². The van der Waals surface area contributed by atoms with E-state index in [1.54, 1.807) is 11.3 Å². The van der Waals surface area contributed by atoms with Gasteiger partial charge in [-0.1, -0.05) is 0 Å². The van der Waals surface area contributed by atoms with Crippen LogP contribution >= 0.6 is 23.7 Å². The number of hydrogen-bond acceptors (Lipinski definition) is 3. The zero-order valence-corrected chi connectivity index (χ0v) is 12.5. The number of thiophene rings is 1. The van der Waals surface area contributed by atoms with Gasteiger partial charge in [-0.2, -0.15) is 0 Å². The van der Waals surface area contributed by atoms with Crippen LogP contribution in [0.25, 0.3) is 0 Å². The summed E-state index contributed by atoms with van der Waals surface area (Å²) >= 11 is 1.64. The Kier molecular flexibility index (Phi) is 5.20. The maximum absolute atomic E-state index is 12.1. The maximum Gasteiger partial charge on any atom is 0.261 e. The normalized spacial score (nSPS) is 14.6. The van der Waals surface area contributed by atoms with Crippen LogP contribution < -0.4 is 11.1 Å². The molecular formula is C13H21ClN2OS. The van der Waals surface area contributed by atoms with Crippen LogP contribution in [0.3, 0.4) is 0 Å². The highest BCUT2D eigenvalue weighted by atomic mass is 35.5. The summed E-state index contributed by atoms with van der Waals surface area (Å²) in [5.41, 5.74) is 6.66. The van der Waals surface area contributed by atoms with E-state index in [-0.39, 0.29) is 23.9 Å². The fraction of sp³-hybridized carbons (Fsp3) is 0.615. The smallest absolute Gasteiger partial charge is 0.261 e. The molecule has 1 heterocycles. The minimum Gasteiger partial charge on any atom is -0.345 e. The monoisotopic (exact) mass is 288 g/mol. The molecule has 102 valence electrons. The lowest BCUT2D eigenvalue weighted by Gasteiger charge is -2.23. The third-order valence-electron chi connectivity index (χ3n) is 3.18. The highest BCUT2D eigenvalue weighted by Gasteiger charge is 2.22. The average molecular weight is 289 g/mol. The summed E-state index contributed by atoms with van der Waals surface area (Å²) in [5.74, 6) is 0.0137. The van der Waals surface area contributed by atoms with Crippen LogP contribution in [0, 0.1) is 0 Å². The van der Waals surface area contributed by atoms with Crippen molar-refractivity contribution >= 4 is 29.7 Å². The lowest BCUT2D eigenvalue weighted by Crippen LogP contribution is -2.48. The summed E-state index contributed by atoms with van der Waals surface area (Å²) in [6, 6.07) is 2.06. The quantitative estimate of drug-likeness (QED) is 0.898. The highest BCUT2D eigenvalue weighted by Crippen LogP contribution is 2.29. The van der Waals surface area contributed by atoms with Gasteiger partial charge in [-0.3, -0.25) is 4.79 Å². The molecule has 0 fully saturated rings. The van der Waals surface area contributed by atoms with E-state index in [4.69, 9.17) is 5.73 Å². The number of fused-ring (bicyclic) bond motifs is 1. The van der Waals surface area contributed by atoms with Gasteiger partial charge < -0.3 is 11.1 Å². The van der Waals surface area contributed by atoms with Gasteiger partial charge in [-0.05, 0) is 51.2 Å². The Balaban J connectivity index is 0.00000162. The van der Waals surface area contributed by atoms with E-state index in [1.807, 2.05) is 13.8 Å². The lowest BCUT2D eigenvalue weighted by atomic mass is 9.99. The van der Waals surface area contributed by atoms with Crippen molar-refractivity contribution in [2.45, 2.75) is 45.1 Å². The number of carbonyl (C=O) groups excluding carboxylic acids is 1. The number of nitrogens with two attached hydrogens (primary N) is 1. The van der Waals surface area contributed by atoms with Crippen LogP contribution in [0.5, 0.6) is 0 Å². The summed E-state index contributed by atoms with van der Waals surface area (Å²) < 4.78 is 0. The molecule has 0 spiro atoms. The molecule has 0 bridgehead atoms. The molecule has 1 aromatic heterocycles. The maximum atomic E-state index is 12.1. The van der Waals surface area contributed by atoms with Crippen LogP contribution in [0.1, 0.15) is 46.8 Å². The van der Waals surface area contributed by atoms with Crippen molar-refractivity contribution in [3.63, 3.8) is 0 Å². The Morgan fingerprint density at radius 1 is 1.44 bits per heavy atom. The molecule has 0 saturated heterocycles. The van der Waals surface area contributed by atoms with Gasteiger partial charge in [0.1, 0.15) is 0 Å². The first-order valence-electron chi connectivity index (χ1n) is 6.16. The first-order valence-corrected chi connectivity index (χ1v) is 6.98. The Morgan fingerprint density at radius 2 is 2.11 bits per heavy atom. The summed E-state index contributed by atoms with van der Waals surface area (Å²) in [7, 11) is 0. The highest BCUT2D eigenvalue weighted by molar-refractivity contribution is 7.14. The van der Waals surface area contributed by atoms with Crippen LogP contribution in [0.4, 0.5) is 0 Å². The summed E-state index contributed by atoms with van der Waals surface area (Å²) in [5, 5.41) is 2.98. The van der Waals surface area contributed by atoms with Crippen molar-refractivity contribution in [1.82, 2.24) is 5.32 Å². The molecule has 1 aliphatic carbocycles. The van der Waals surface area contributed by atoms with Gasteiger partial charge in [0.05, 0.1) is 4.88 Å². The Morgan fingerprint density at radius 3 is 2.72 bits per heavy atom. The third kappa shape index (κ3) is 3.46. The van der Waals surface area contributed by atoms with Crippen LogP contribution in [0.2, 0.25) is 0 Å². The van der Waals surface area contributed by atoms with Crippen molar-refractivity contribution in [2.75, 3.05) is 6.54 Å².